The molecule has 0 radical (unpaired) electrons. The molecule has 0 saturated carbocycles. The zero-order valence-corrected chi connectivity index (χ0v) is 8.94. The predicted octanol–water partition coefficient (Wildman–Crippen LogP) is 3.01. The van der Waals surface area contributed by atoms with Crippen LogP contribution in [0.3, 0.4) is 0 Å². The fourth-order valence-electron chi connectivity index (χ4n) is 1.46. The van der Waals surface area contributed by atoms with Crippen LogP contribution in [0.4, 0.5) is 11.4 Å². The Labute approximate surface area is 94.4 Å². The minimum absolute atomic E-state index is 0.414. The van der Waals surface area contributed by atoms with Gasteiger partial charge in [0.2, 0.25) is 0 Å². The van der Waals surface area contributed by atoms with Crippen molar-refractivity contribution < 1.29 is 0 Å². The summed E-state index contributed by atoms with van der Waals surface area (Å²) in [5.41, 5.74) is 3.49. The normalized spacial score (nSPS) is 9.50. The molecule has 0 aliphatic heterocycles. The average Bonchev–Trinajstić information content (AvgIpc) is 2.29. The first-order valence-electron chi connectivity index (χ1n) is 4.98. The monoisotopic (exact) mass is 209 g/mol. The molecule has 1 N–H and O–H groups in total. The molecule has 16 heavy (non-hydrogen) atoms. The number of aromatic nitrogens is 1. The average molecular weight is 209 g/mol. The summed E-state index contributed by atoms with van der Waals surface area (Å²) in [4.78, 5) is 3.92. The van der Waals surface area contributed by atoms with Gasteiger partial charge < -0.3 is 5.32 Å². The van der Waals surface area contributed by atoms with Crippen molar-refractivity contribution in [3.8, 4) is 6.07 Å². The quantitative estimate of drug-likeness (QED) is 0.827. The zero-order valence-electron chi connectivity index (χ0n) is 8.94. The molecule has 0 aliphatic rings. The van der Waals surface area contributed by atoms with Crippen molar-refractivity contribution >= 4 is 11.4 Å². The van der Waals surface area contributed by atoms with Crippen LogP contribution in [0.25, 0.3) is 0 Å². The van der Waals surface area contributed by atoms with Gasteiger partial charge in [-0.15, -0.1) is 0 Å². The van der Waals surface area contributed by atoms with Crippen LogP contribution < -0.4 is 5.32 Å². The number of nitriles is 1. The lowest BCUT2D eigenvalue weighted by Gasteiger charge is -2.06. The van der Waals surface area contributed by atoms with Gasteiger partial charge in [-0.3, -0.25) is 0 Å². The van der Waals surface area contributed by atoms with Crippen molar-refractivity contribution in [1.29, 1.82) is 5.26 Å². The lowest BCUT2D eigenvalue weighted by Crippen LogP contribution is -1.92. The molecule has 2 rings (SSSR count). The van der Waals surface area contributed by atoms with Gasteiger partial charge in [0.05, 0.1) is 0 Å². The van der Waals surface area contributed by atoms with Gasteiger partial charge in [0.1, 0.15) is 11.8 Å². The first-order chi connectivity index (χ1) is 7.78. The van der Waals surface area contributed by atoms with E-state index in [1.807, 2.05) is 43.3 Å². The van der Waals surface area contributed by atoms with Crippen molar-refractivity contribution in [3.05, 3.63) is 53.9 Å². The van der Waals surface area contributed by atoms with E-state index in [-0.39, 0.29) is 0 Å². The van der Waals surface area contributed by atoms with Crippen LogP contribution in [0.15, 0.2) is 42.6 Å². The SMILES string of the molecule is Cc1cccc(Nc2ccnc(C#N)c2)c1. The van der Waals surface area contributed by atoms with Gasteiger partial charge in [-0.1, -0.05) is 12.1 Å². The van der Waals surface area contributed by atoms with Crippen LogP contribution in [-0.4, -0.2) is 4.98 Å². The summed E-state index contributed by atoms with van der Waals surface area (Å²) < 4.78 is 0. The Bertz CT molecular complexity index is 541. The predicted molar refractivity (Wildman–Crippen MR) is 63.4 cm³/mol. The molecule has 0 amide bonds. The zero-order chi connectivity index (χ0) is 11.4. The molecule has 0 aliphatic carbocycles. The first-order valence-corrected chi connectivity index (χ1v) is 4.98. The second-order valence-electron chi connectivity index (χ2n) is 3.54. The summed E-state index contributed by atoms with van der Waals surface area (Å²) >= 11 is 0. The number of anilines is 2. The number of rotatable bonds is 2. The standard InChI is InChI=1S/C13H11N3/c1-10-3-2-4-11(7-10)16-12-5-6-15-13(8-12)9-14/h2-8H,1H3,(H,15,16). The molecule has 0 unspecified atom stereocenters. The number of nitrogens with zero attached hydrogens (tertiary/aromatic N) is 2. The molecule has 0 spiro atoms. The first kappa shape index (κ1) is 10.2. The van der Waals surface area contributed by atoms with Crippen LogP contribution >= 0.6 is 0 Å². The van der Waals surface area contributed by atoms with Crippen LogP contribution in [0.5, 0.6) is 0 Å². The Kier molecular flexibility index (Phi) is 2.84. The number of nitrogens with one attached hydrogen (secondary N) is 1. The highest BCUT2D eigenvalue weighted by Gasteiger charge is 1.97. The van der Waals surface area contributed by atoms with Gasteiger partial charge in [0.15, 0.2) is 0 Å². The van der Waals surface area contributed by atoms with E-state index in [9.17, 15) is 0 Å². The molecule has 78 valence electrons. The minimum Gasteiger partial charge on any atom is -0.355 e. The molecule has 0 atom stereocenters. The molecule has 0 fully saturated rings. The Morgan fingerprint density at radius 3 is 2.75 bits per heavy atom. The van der Waals surface area contributed by atoms with Gasteiger partial charge in [-0.2, -0.15) is 5.26 Å². The Morgan fingerprint density at radius 1 is 1.19 bits per heavy atom. The van der Waals surface area contributed by atoms with Crippen LogP contribution in [0, 0.1) is 18.3 Å². The summed E-state index contributed by atoms with van der Waals surface area (Å²) in [5, 5.41) is 12.0. The summed E-state index contributed by atoms with van der Waals surface area (Å²) in [5.74, 6) is 0. The molecule has 2 aromatic rings. The Balaban J connectivity index is 2.24. The highest BCUT2D eigenvalue weighted by atomic mass is 14.9. The highest BCUT2D eigenvalue weighted by molar-refractivity contribution is 5.60. The lowest BCUT2D eigenvalue weighted by atomic mass is 10.2. The topological polar surface area (TPSA) is 48.7 Å². The fraction of sp³-hybridized carbons (Fsp3) is 0.0769. The number of benzene rings is 1. The maximum absolute atomic E-state index is 8.73. The van der Waals surface area contributed by atoms with Gasteiger partial charge in [0, 0.05) is 17.6 Å². The van der Waals surface area contributed by atoms with E-state index in [0.29, 0.717) is 5.69 Å². The largest absolute Gasteiger partial charge is 0.355 e. The third-order valence-electron chi connectivity index (χ3n) is 2.18. The molecule has 3 heteroatoms. The molecule has 1 heterocycles. The van der Waals surface area contributed by atoms with E-state index in [1.54, 1.807) is 12.3 Å². The van der Waals surface area contributed by atoms with Crippen molar-refractivity contribution in [2.24, 2.45) is 0 Å². The van der Waals surface area contributed by atoms with Gasteiger partial charge in [-0.25, -0.2) is 4.98 Å². The summed E-state index contributed by atoms with van der Waals surface area (Å²) in [6, 6.07) is 13.6. The van der Waals surface area contributed by atoms with Gasteiger partial charge in [-0.05, 0) is 36.8 Å². The lowest BCUT2D eigenvalue weighted by molar-refractivity contribution is 1.26. The van der Waals surface area contributed by atoms with Crippen LogP contribution in [-0.2, 0) is 0 Å². The molecule has 1 aromatic heterocycles. The van der Waals surface area contributed by atoms with Crippen LogP contribution in [0.2, 0.25) is 0 Å². The van der Waals surface area contributed by atoms with Gasteiger partial charge >= 0.3 is 0 Å². The van der Waals surface area contributed by atoms with E-state index in [4.69, 9.17) is 5.26 Å². The number of hydrogen-bond donors (Lipinski definition) is 1. The van der Waals surface area contributed by atoms with Crippen molar-refractivity contribution in [3.63, 3.8) is 0 Å². The van der Waals surface area contributed by atoms with Gasteiger partial charge in [0.25, 0.3) is 0 Å². The summed E-state index contributed by atoms with van der Waals surface area (Å²) in [6.07, 6.45) is 1.62. The second kappa shape index (κ2) is 4.45. The van der Waals surface area contributed by atoms with E-state index in [2.05, 4.69) is 10.3 Å². The second-order valence-corrected chi connectivity index (χ2v) is 3.54. The highest BCUT2D eigenvalue weighted by Crippen LogP contribution is 2.17. The molecule has 3 nitrogen and oxygen atoms in total. The molecule has 0 saturated heterocycles. The Morgan fingerprint density at radius 2 is 2.00 bits per heavy atom. The number of pyridine rings is 1. The molecule has 1 aromatic carbocycles. The van der Waals surface area contributed by atoms with E-state index >= 15 is 0 Å². The molecule has 0 bridgehead atoms. The number of aryl methyl sites for hydroxylation is 1. The van der Waals surface area contributed by atoms with E-state index in [0.717, 1.165) is 11.4 Å². The van der Waals surface area contributed by atoms with Crippen molar-refractivity contribution in [1.82, 2.24) is 4.98 Å². The van der Waals surface area contributed by atoms with E-state index < -0.39 is 0 Å². The third kappa shape index (κ3) is 2.37. The maximum Gasteiger partial charge on any atom is 0.142 e. The maximum atomic E-state index is 8.73. The fourth-order valence-corrected chi connectivity index (χ4v) is 1.46. The van der Waals surface area contributed by atoms with Crippen molar-refractivity contribution in [2.75, 3.05) is 5.32 Å². The number of hydrogen-bond acceptors (Lipinski definition) is 3. The Hall–Kier alpha value is -2.34. The minimum atomic E-state index is 0.414. The smallest absolute Gasteiger partial charge is 0.142 e. The van der Waals surface area contributed by atoms with Crippen LogP contribution in [0.1, 0.15) is 11.3 Å². The van der Waals surface area contributed by atoms with Crippen molar-refractivity contribution in [2.45, 2.75) is 6.92 Å². The molecular formula is C13H11N3. The molecular weight excluding hydrogens is 198 g/mol. The third-order valence-corrected chi connectivity index (χ3v) is 2.18. The summed E-state index contributed by atoms with van der Waals surface area (Å²) in [6.45, 7) is 2.04. The van der Waals surface area contributed by atoms with E-state index in [1.165, 1.54) is 5.56 Å². The summed E-state index contributed by atoms with van der Waals surface area (Å²) in [7, 11) is 0.